The van der Waals surface area contributed by atoms with E-state index in [0.717, 1.165) is 19.6 Å². The fourth-order valence-corrected chi connectivity index (χ4v) is 3.94. The maximum atomic E-state index is 12.6. The van der Waals surface area contributed by atoms with E-state index < -0.39 is 10.0 Å². The molecule has 6 heteroatoms. The second-order valence-corrected chi connectivity index (χ2v) is 6.49. The first-order valence-electron chi connectivity index (χ1n) is 6.59. The minimum atomic E-state index is -3.39. The third kappa shape index (κ3) is 2.91. The Morgan fingerprint density at radius 3 is 2.37 bits per heavy atom. The molecule has 1 fully saturated rings. The minimum Gasteiger partial charge on any atom is -0.387 e. The summed E-state index contributed by atoms with van der Waals surface area (Å²) >= 11 is 0. The van der Waals surface area contributed by atoms with Crippen molar-refractivity contribution in [1.29, 1.82) is 0 Å². The van der Waals surface area contributed by atoms with E-state index in [0.29, 0.717) is 23.7 Å². The molecule has 0 radical (unpaired) electrons. The number of hydrogen-bond acceptors (Lipinski definition) is 4. The molecule has 0 unspecified atom stereocenters. The molecular formula is C13H21N3O2S. The van der Waals surface area contributed by atoms with Gasteiger partial charge >= 0.3 is 0 Å². The standard InChI is InChI=1S/C13H21N3O2S/c1-3-15-8-10-16(11-9-15)19(17,18)13-7-5-4-6-12(13)14-2/h4-7,14H,3,8-11H2,1-2H3. The van der Waals surface area contributed by atoms with Gasteiger partial charge in [-0.3, -0.25) is 0 Å². The van der Waals surface area contributed by atoms with Crippen molar-refractivity contribution in [2.24, 2.45) is 0 Å². The van der Waals surface area contributed by atoms with E-state index in [2.05, 4.69) is 17.1 Å². The monoisotopic (exact) mass is 283 g/mol. The lowest BCUT2D eigenvalue weighted by atomic mass is 10.3. The molecule has 19 heavy (non-hydrogen) atoms. The van der Waals surface area contributed by atoms with Gasteiger partial charge in [0.2, 0.25) is 10.0 Å². The molecule has 0 aromatic heterocycles. The van der Waals surface area contributed by atoms with Crippen molar-refractivity contribution in [2.75, 3.05) is 45.1 Å². The fraction of sp³-hybridized carbons (Fsp3) is 0.538. The summed E-state index contributed by atoms with van der Waals surface area (Å²) in [4.78, 5) is 2.62. The van der Waals surface area contributed by atoms with Crippen molar-refractivity contribution in [3.05, 3.63) is 24.3 Å². The van der Waals surface area contributed by atoms with E-state index in [9.17, 15) is 8.42 Å². The van der Waals surface area contributed by atoms with E-state index in [1.807, 2.05) is 6.07 Å². The molecule has 106 valence electrons. The van der Waals surface area contributed by atoms with E-state index >= 15 is 0 Å². The van der Waals surface area contributed by atoms with Crippen LogP contribution in [0.3, 0.4) is 0 Å². The Hall–Kier alpha value is -1.11. The zero-order chi connectivity index (χ0) is 13.9. The zero-order valence-corrected chi connectivity index (χ0v) is 12.3. The van der Waals surface area contributed by atoms with E-state index in [1.54, 1.807) is 29.6 Å². The highest BCUT2D eigenvalue weighted by Gasteiger charge is 2.29. The minimum absolute atomic E-state index is 0.363. The molecule has 1 heterocycles. The van der Waals surface area contributed by atoms with Gasteiger partial charge in [-0.05, 0) is 18.7 Å². The van der Waals surface area contributed by atoms with E-state index in [-0.39, 0.29) is 0 Å². The van der Waals surface area contributed by atoms with Crippen LogP contribution in [0.5, 0.6) is 0 Å². The number of nitrogens with one attached hydrogen (secondary N) is 1. The molecule has 1 aromatic rings. The second-order valence-electron chi connectivity index (χ2n) is 4.58. The normalized spacial score (nSPS) is 18.4. The summed E-state index contributed by atoms with van der Waals surface area (Å²) in [5, 5.41) is 2.94. The Balaban J connectivity index is 2.23. The molecule has 0 aliphatic carbocycles. The number of likely N-dealkylation sites (N-methyl/N-ethyl adjacent to an activating group) is 1. The summed E-state index contributed by atoms with van der Waals surface area (Å²) in [5.41, 5.74) is 0.653. The summed E-state index contributed by atoms with van der Waals surface area (Å²) in [6, 6.07) is 7.04. The summed E-state index contributed by atoms with van der Waals surface area (Å²) < 4.78 is 26.8. The summed E-state index contributed by atoms with van der Waals surface area (Å²) in [6.45, 7) is 5.80. The zero-order valence-electron chi connectivity index (χ0n) is 11.5. The average molecular weight is 283 g/mol. The maximum Gasteiger partial charge on any atom is 0.245 e. The summed E-state index contributed by atoms with van der Waals surface area (Å²) in [7, 11) is -1.65. The largest absolute Gasteiger partial charge is 0.387 e. The Morgan fingerprint density at radius 1 is 1.16 bits per heavy atom. The lowest BCUT2D eigenvalue weighted by Crippen LogP contribution is -2.48. The molecule has 1 aliphatic rings. The van der Waals surface area contributed by atoms with Crippen LogP contribution in [0.25, 0.3) is 0 Å². The topological polar surface area (TPSA) is 52.7 Å². The lowest BCUT2D eigenvalue weighted by Gasteiger charge is -2.33. The summed E-state index contributed by atoms with van der Waals surface area (Å²) in [6.07, 6.45) is 0. The van der Waals surface area contributed by atoms with Gasteiger partial charge in [0.15, 0.2) is 0 Å². The number of anilines is 1. The van der Waals surface area contributed by atoms with Crippen LogP contribution in [0.1, 0.15) is 6.92 Å². The Morgan fingerprint density at radius 2 is 1.79 bits per heavy atom. The predicted molar refractivity (Wildman–Crippen MR) is 76.9 cm³/mol. The number of hydrogen-bond donors (Lipinski definition) is 1. The fourth-order valence-electron chi connectivity index (χ4n) is 2.32. The number of nitrogens with zero attached hydrogens (tertiary/aromatic N) is 2. The maximum absolute atomic E-state index is 12.6. The highest BCUT2D eigenvalue weighted by molar-refractivity contribution is 7.89. The first kappa shape index (κ1) is 14.3. The van der Waals surface area contributed by atoms with E-state index in [4.69, 9.17) is 0 Å². The number of rotatable bonds is 4. The summed E-state index contributed by atoms with van der Waals surface area (Å²) in [5.74, 6) is 0. The Labute approximate surface area is 115 Å². The molecule has 0 spiro atoms. The Kier molecular flexibility index (Phi) is 4.44. The van der Waals surface area contributed by atoms with Gasteiger partial charge in [-0.2, -0.15) is 4.31 Å². The van der Waals surface area contributed by atoms with Gasteiger partial charge in [0.25, 0.3) is 0 Å². The number of piperazine rings is 1. The SMILES string of the molecule is CCN1CCN(S(=O)(=O)c2ccccc2NC)CC1. The van der Waals surface area contributed by atoms with Gasteiger partial charge in [-0.25, -0.2) is 8.42 Å². The van der Waals surface area contributed by atoms with Crippen LogP contribution in [0, 0.1) is 0 Å². The molecule has 0 amide bonds. The van der Waals surface area contributed by atoms with Crippen LogP contribution in [0.4, 0.5) is 5.69 Å². The third-order valence-electron chi connectivity index (χ3n) is 3.55. The van der Waals surface area contributed by atoms with Gasteiger partial charge < -0.3 is 10.2 Å². The number of sulfonamides is 1. The molecule has 1 aliphatic heterocycles. The van der Waals surface area contributed by atoms with Crippen molar-refractivity contribution >= 4 is 15.7 Å². The second kappa shape index (κ2) is 5.90. The van der Waals surface area contributed by atoms with Crippen LogP contribution < -0.4 is 5.32 Å². The van der Waals surface area contributed by atoms with Crippen molar-refractivity contribution in [3.63, 3.8) is 0 Å². The molecule has 1 N–H and O–H groups in total. The molecule has 0 saturated carbocycles. The van der Waals surface area contributed by atoms with Crippen LogP contribution in [0.15, 0.2) is 29.2 Å². The van der Waals surface area contributed by atoms with Gasteiger partial charge in [0, 0.05) is 33.2 Å². The third-order valence-corrected chi connectivity index (χ3v) is 5.51. The molecular weight excluding hydrogens is 262 g/mol. The van der Waals surface area contributed by atoms with Gasteiger partial charge in [-0.15, -0.1) is 0 Å². The van der Waals surface area contributed by atoms with Crippen LogP contribution in [-0.4, -0.2) is 57.4 Å². The molecule has 1 saturated heterocycles. The first-order chi connectivity index (χ1) is 9.09. The van der Waals surface area contributed by atoms with E-state index in [1.165, 1.54) is 0 Å². The average Bonchev–Trinajstić information content (AvgIpc) is 2.47. The van der Waals surface area contributed by atoms with Crippen molar-refractivity contribution < 1.29 is 8.42 Å². The predicted octanol–water partition coefficient (Wildman–Crippen LogP) is 1.05. The van der Waals surface area contributed by atoms with Gasteiger partial charge in [-0.1, -0.05) is 19.1 Å². The molecule has 5 nitrogen and oxygen atoms in total. The number of para-hydroxylation sites is 1. The van der Waals surface area contributed by atoms with Crippen LogP contribution in [-0.2, 0) is 10.0 Å². The molecule has 0 bridgehead atoms. The van der Waals surface area contributed by atoms with Gasteiger partial charge in [0.05, 0.1) is 5.69 Å². The molecule has 0 atom stereocenters. The quantitative estimate of drug-likeness (QED) is 0.897. The number of benzene rings is 1. The van der Waals surface area contributed by atoms with Crippen LogP contribution >= 0.6 is 0 Å². The van der Waals surface area contributed by atoms with Crippen molar-refractivity contribution in [3.8, 4) is 0 Å². The highest BCUT2D eigenvalue weighted by Crippen LogP contribution is 2.24. The van der Waals surface area contributed by atoms with Crippen molar-refractivity contribution in [2.45, 2.75) is 11.8 Å². The first-order valence-corrected chi connectivity index (χ1v) is 8.03. The van der Waals surface area contributed by atoms with Gasteiger partial charge in [0.1, 0.15) is 4.90 Å². The van der Waals surface area contributed by atoms with Crippen molar-refractivity contribution in [1.82, 2.24) is 9.21 Å². The Bertz CT molecular complexity index is 522. The molecule has 2 rings (SSSR count). The lowest BCUT2D eigenvalue weighted by molar-refractivity contribution is 0.196. The smallest absolute Gasteiger partial charge is 0.245 e. The molecule has 1 aromatic carbocycles. The van der Waals surface area contributed by atoms with Crippen LogP contribution in [0.2, 0.25) is 0 Å². The highest BCUT2D eigenvalue weighted by atomic mass is 32.2.